The molecule has 1 aromatic heterocycles. The number of rotatable bonds is 5. The van der Waals surface area contributed by atoms with Gasteiger partial charge in [0.15, 0.2) is 0 Å². The van der Waals surface area contributed by atoms with Crippen LogP contribution in [-0.2, 0) is 4.79 Å². The predicted octanol–water partition coefficient (Wildman–Crippen LogP) is 4.30. The molecule has 1 amide bonds. The molecule has 0 radical (unpaired) electrons. The van der Waals surface area contributed by atoms with Crippen LogP contribution in [0.3, 0.4) is 0 Å². The van der Waals surface area contributed by atoms with Crippen molar-refractivity contribution in [1.82, 2.24) is 15.0 Å². The van der Waals surface area contributed by atoms with E-state index in [0.29, 0.717) is 5.89 Å². The maximum Gasteiger partial charge on any atom is 0.287 e. The molecule has 7 nitrogen and oxygen atoms in total. The van der Waals surface area contributed by atoms with Gasteiger partial charge in [-0.15, -0.1) is 0 Å². The van der Waals surface area contributed by atoms with Gasteiger partial charge in [0.05, 0.1) is 22.7 Å². The molecule has 156 valence electrons. The molecular weight excluding hydrogens is 400 g/mol. The van der Waals surface area contributed by atoms with Crippen LogP contribution in [0.5, 0.6) is 5.75 Å². The number of hydrogen-bond acceptors (Lipinski definition) is 7. The number of phenolic OH excluding ortho intramolecular Hbond substituents is 1. The Morgan fingerprint density at radius 1 is 1.27 bits per heavy atom. The van der Waals surface area contributed by atoms with Gasteiger partial charge in [-0.1, -0.05) is 32.0 Å². The zero-order valence-electron chi connectivity index (χ0n) is 17.0. The number of amides is 1. The maximum absolute atomic E-state index is 12.6. The molecule has 1 unspecified atom stereocenters. The van der Waals surface area contributed by atoms with E-state index in [0.717, 1.165) is 21.7 Å². The number of carbonyl (C=O) groups excluding carboxylic acids is 1. The number of aliphatic imine (C=N–C) groups is 1. The molecule has 0 saturated heterocycles. The summed E-state index contributed by atoms with van der Waals surface area (Å²) < 4.78 is 8.42. The molecule has 30 heavy (non-hydrogen) atoms. The number of hydrogen-bond donors (Lipinski definition) is 3. The van der Waals surface area contributed by atoms with Crippen LogP contribution >= 0.6 is 11.9 Å². The van der Waals surface area contributed by atoms with Crippen molar-refractivity contribution in [3.05, 3.63) is 71.9 Å². The molecule has 4 rings (SSSR count). The van der Waals surface area contributed by atoms with E-state index >= 15 is 0 Å². The molecule has 2 aromatic carbocycles. The van der Waals surface area contributed by atoms with Gasteiger partial charge in [-0.2, -0.15) is 0 Å². The Labute approximate surface area is 179 Å². The number of phenols is 1. The minimum atomic E-state index is -0.335. The van der Waals surface area contributed by atoms with Crippen LogP contribution in [0.2, 0.25) is 0 Å². The lowest BCUT2D eigenvalue weighted by Gasteiger charge is -2.18. The van der Waals surface area contributed by atoms with Crippen molar-refractivity contribution in [2.75, 3.05) is 6.54 Å². The standard InChI is InChI=1S/C20H18N4O3S.C2H6/c1-12-5-6-16-17(9-12)28-24-18(23-16)19(26)22-11-15(20-21-7-8-27-20)13-3-2-4-14(25)10-13;1-2/h2-10,15,25H,11H2,1H3,(H,22,26)(H,23,24);1-2H3. The summed E-state index contributed by atoms with van der Waals surface area (Å²) in [5.74, 6) is 0.179. The zero-order valence-corrected chi connectivity index (χ0v) is 17.9. The van der Waals surface area contributed by atoms with E-state index in [1.807, 2.05) is 45.0 Å². The van der Waals surface area contributed by atoms with E-state index in [9.17, 15) is 9.90 Å². The molecule has 0 fully saturated rings. The predicted molar refractivity (Wildman–Crippen MR) is 118 cm³/mol. The van der Waals surface area contributed by atoms with Gasteiger partial charge in [0, 0.05) is 6.54 Å². The Balaban J connectivity index is 0.00000124. The largest absolute Gasteiger partial charge is 0.508 e. The summed E-state index contributed by atoms with van der Waals surface area (Å²) in [5, 5.41) is 12.7. The van der Waals surface area contributed by atoms with Gasteiger partial charge in [0.2, 0.25) is 11.7 Å². The van der Waals surface area contributed by atoms with Gasteiger partial charge in [-0.05, 0) is 54.3 Å². The smallest absolute Gasteiger partial charge is 0.287 e. The Morgan fingerprint density at radius 3 is 2.83 bits per heavy atom. The third-order valence-electron chi connectivity index (χ3n) is 4.31. The lowest BCUT2D eigenvalue weighted by molar-refractivity contribution is -0.115. The van der Waals surface area contributed by atoms with E-state index < -0.39 is 0 Å². The Bertz CT molecular complexity index is 1030. The molecular formula is C22H24N4O3S. The molecule has 3 aromatic rings. The summed E-state index contributed by atoms with van der Waals surface area (Å²) in [6.07, 6.45) is 3.03. The second-order valence-corrected chi connectivity index (χ2v) is 7.21. The summed E-state index contributed by atoms with van der Waals surface area (Å²) >= 11 is 1.36. The average molecular weight is 425 g/mol. The number of oxazole rings is 1. The highest BCUT2D eigenvalue weighted by Crippen LogP contribution is 2.32. The number of nitrogens with zero attached hydrogens (tertiary/aromatic N) is 2. The minimum Gasteiger partial charge on any atom is -0.508 e. The second-order valence-electron chi connectivity index (χ2n) is 6.36. The van der Waals surface area contributed by atoms with E-state index in [2.05, 4.69) is 20.0 Å². The summed E-state index contributed by atoms with van der Waals surface area (Å²) in [6.45, 7) is 6.26. The van der Waals surface area contributed by atoms with Crippen molar-refractivity contribution >= 4 is 29.4 Å². The van der Waals surface area contributed by atoms with E-state index in [1.165, 1.54) is 18.2 Å². The van der Waals surface area contributed by atoms with Crippen molar-refractivity contribution in [3.8, 4) is 5.75 Å². The number of aromatic nitrogens is 1. The van der Waals surface area contributed by atoms with Crippen molar-refractivity contribution < 1.29 is 14.3 Å². The monoisotopic (exact) mass is 424 g/mol. The van der Waals surface area contributed by atoms with Crippen LogP contribution in [0.1, 0.15) is 36.8 Å². The lowest BCUT2D eigenvalue weighted by atomic mass is 9.98. The van der Waals surface area contributed by atoms with Crippen LogP contribution in [0, 0.1) is 6.92 Å². The zero-order chi connectivity index (χ0) is 21.5. The second kappa shape index (κ2) is 9.98. The number of carbonyl (C=O) groups is 1. The van der Waals surface area contributed by atoms with Gasteiger partial charge in [-0.3, -0.25) is 4.79 Å². The Morgan fingerprint density at radius 2 is 2.10 bits per heavy atom. The topological polar surface area (TPSA) is 99.8 Å². The fourth-order valence-corrected chi connectivity index (χ4v) is 3.72. The van der Waals surface area contributed by atoms with Crippen molar-refractivity contribution in [3.63, 3.8) is 0 Å². The summed E-state index contributed by atoms with van der Waals surface area (Å²) in [7, 11) is 0. The van der Waals surface area contributed by atoms with E-state index in [-0.39, 0.29) is 30.0 Å². The third-order valence-corrected chi connectivity index (χ3v) is 5.15. The highest BCUT2D eigenvalue weighted by Gasteiger charge is 2.23. The minimum absolute atomic E-state index is 0.141. The lowest BCUT2D eigenvalue weighted by Crippen LogP contribution is -2.40. The first kappa shape index (κ1) is 21.4. The summed E-state index contributed by atoms with van der Waals surface area (Å²) in [4.78, 5) is 22.2. The normalized spacial score (nSPS) is 13.1. The molecule has 0 bridgehead atoms. The molecule has 3 N–H and O–H groups in total. The van der Waals surface area contributed by atoms with Crippen molar-refractivity contribution in [2.24, 2.45) is 4.99 Å². The van der Waals surface area contributed by atoms with Crippen molar-refractivity contribution in [1.29, 1.82) is 0 Å². The first-order valence-electron chi connectivity index (χ1n) is 9.69. The van der Waals surface area contributed by atoms with Gasteiger partial charge in [0.1, 0.15) is 12.0 Å². The van der Waals surface area contributed by atoms with Crippen LogP contribution in [0.25, 0.3) is 0 Å². The maximum atomic E-state index is 12.6. The number of aromatic hydroxyl groups is 1. The fraction of sp³-hybridized carbons (Fsp3) is 0.227. The first-order chi connectivity index (χ1) is 14.6. The highest BCUT2D eigenvalue weighted by atomic mass is 32.2. The number of aryl methyl sites for hydroxylation is 1. The van der Waals surface area contributed by atoms with Gasteiger partial charge < -0.3 is 19.6 Å². The van der Waals surface area contributed by atoms with Crippen LogP contribution in [-0.4, -0.2) is 28.4 Å². The molecule has 0 saturated carbocycles. The van der Waals surface area contributed by atoms with Gasteiger partial charge in [-0.25, -0.2) is 9.98 Å². The third kappa shape index (κ3) is 5.01. The molecule has 0 spiro atoms. The molecule has 1 atom stereocenters. The summed E-state index contributed by atoms with van der Waals surface area (Å²) in [6, 6.07) is 12.7. The van der Waals surface area contributed by atoms with Crippen LogP contribution in [0.4, 0.5) is 5.69 Å². The Kier molecular flexibility index (Phi) is 7.13. The Hall–Kier alpha value is -3.26. The fourth-order valence-electron chi connectivity index (χ4n) is 2.91. The van der Waals surface area contributed by atoms with Crippen LogP contribution < -0.4 is 10.0 Å². The quantitative estimate of drug-likeness (QED) is 0.528. The highest BCUT2D eigenvalue weighted by molar-refractivity contribution is 7.98. The number of fused-ring (bicyclic) bond motifs is 1. The number of amidine groups is 1. The number of benzene rings is 2. The van der Waals surface area contributed by atoms with E-state index in [4.69, 9.17) is 4.42 Å². The molecule has 1 aliphatic rings. The molecule has 8 heteroatoms. The molecule has 0 aliphatic carbocycles. The van der Waals surface area contributed by atoms with Crippen LogP contribution in [0.15, 0.2) is 69.2 Å². The van der Waals surface area contributed by atoms with Crippen molar-refractivity contribution in [2.45, 2.75) is 31.6 Å². The van der Waals surface area contributed by atoms with Gasteiger partial charge in [0.25, 0.3) is 5.91 Å². The average Bonchev–Trinajstić information content (AvgIpc) is 3.29. The first-order valence-corrected chi connectivity index (χ1v) is 10.5. The molecule has 2 heterocycles. The number of nitrogens with one attached hydrogen (secondary N) is 2. The molecule has 1 aliphatic heterocycles. The summed E-state index contributed by atoms with van der Waals surface area (Å²) in [5.41, 5.74) is 2.68. The SMILES string of the molecule is CC.Cc1ccc2c(c1)SNC(C(=O)NCC(c1cccc(O)c1)c1ncco1)=N2. The van der Waals surface area contributed by atoms with E-state index in [1.54, 1.807) is 24.4 Å². The van der Waals surface area contributed by atoms with Gasteiger partial charge >= 0.3 is 0 Å².